The van der Waals surface area contributed by atoms with Gasteiger partial charge in [-0.3, -0.25) is 5.41 Å². The summed E-state index contributed by atoms with van der Waals surface area (Å²) in [5.41, 5.74) is 5.87. The minimum atomic E-state index is 0.361. The molecule has 0 aromatic rings. The van der Waals surface area contributed by atoms with Gasteiger partial charge in [-0.1, -0.05) is 0 Å². The van der Waals surface area contributed by atoms with Gasteiger partial charge in [-0.2, -0.15) is 0 Å². The Morgan fingerprint density at radius 2 is 2.13 bits per heavy atom. The van der Waals surface area contributed by atoms with Gasteiger partial charge in [0, 0.05) is 19.0 Å². The van der Waals surface area contributed by atoms with Gasteiger partial charge >= 0.3 is 0 Å². The molecule has 0 radical (unpaired) electrons. The summed E-state index contributed by atoms with van der Waals surface area (Å²) in [6.45, 7) is 3.46. The minimum absolute atomic E-state index is 0.361. The Hall–Kier alpha value is -0.570. The van der Waals surface area contributed by atoms with E-state index in [-0.39, 0.29) is 0 Å². The molecule has 0 aromatic heterocycles. The molecular formula is C12H23N3. The van der Waals surface area contributed by atoms with Crippen LogP contribution in [0.5, 0.6) is 0 Å². The van der Waals surface area contributed by atoms with Crippen LogP contribution >= 0.6 is 0 Å². The molecule has 2 rings (SSSR count). The van der Waals surface area contributed by atoms with E-state index in [0.717, 1.165) is 24.9 Å². The molecule has 0 heterocycles. The molecule has 2 fully saturated rings. The second-order valence-corrected chi connectivity index (χ2v) is 5.70. The Bertz CT molecular complexity index is 254. The topological polar surface area (TPSA) is 53.1 Å². The van der Waals surface area contributed by atoms with Gasteiger partial charge in [0.05, 0.1) is 5.84 Å². The number of nitrogens with two attached hydrogens (primary N) is 1. The summed E-state index contributed by atoms with van der Waals surface area (Å²) in [6.07, 6.45) is 6.13. The lowest BCUT2D eigenvalue weighted by molar-refractivity contribution is 0.192. The van der Waals surface area contributed by atoms with E-state index in [1.54, 1.807) is 0 Å². The summed E-state index contributed by atoms with van der Waals surface area (Å²) in [5.74, 6) is 1.29. The highest BCUT2D eigenvalue weighted by atomic mass is 15.1. The highest BCUT2D eigenvalue weighted by molar-refractivity contribution is 5.78. The predicted octanol–water partition coefficient (Wildman–Crippen LogP) is 1.82. The Balaban J connectivity index is 1.82. The van der Waals surface area contributed by atoms with Crippen LogP contribution in [0.1, 0.15) is 39.0 Å². The fourth-order valence-electron chi connectivity index (χ4n) is 2.58. The monoisotopic (exact) mass is 209 g/mol. The molecule has 15 heavy (non-hydrogen) atoms. The summed E-state index contributed by atoms with van der Waals surface area (Å²) >= 11 is 0. The first-order chi connectivity index (χ1) is 7.02. The minimum Gasteiger partial charge on any atom is -0.388 e. The lowest BCUT2D eigenvalue weighted by Gasteiger charge is -2.29. The molecule has 0 bridgehead atoms. The van der Waals surface area contributed by atoms with Crippen LogP contribution in [0.25, 0.3) is 0 Å². The maximum absolute atomic E-state index is 7.40. The summed E-state index contributed by atoms with van der Waals surface area (Å²) in [7, 11) is 2.23. The Morgan fingerprint density at radius 3 is 2.53 bits per heavy atom. The zero-order chi connectivity index (χ0) is 11.1. The van der Waals surface area contributed by atoms with Crippen molar-refractivity contribution in [2.75, 3.05) is 13.6 Å². The van der Waals surface area contributed by atoms with E-state index in [9.17, 15) is 0 Å². The third-order valence-electron chi connectivity index (χ3n) is 4.11. The molecule has 3 heteroatoms. The van der Waals surface area contributed by atoms with E-state index in [0.29, 0.717) is 11.3 Å². The first kappa shape index (κ1) is 10.9. The van der Waals surface area contributed by atoms with Gasteiger partial charge in [0.15, 0.2) is 0 Å². The molecule has 0 aromatic carbocycles. The predicted molar refractivity (Wildman–Crippen MR) is 63.0 cm³/mol. The highest BCUT2D eigenvalue weighted by Gasteiger charge is 2.45. The summed E-state index contributed by atoms with van der Waals surface area (Å²) in [6, 6.07) is 0.717. The van der Waals surface area contributed by atoms with Crippen LogP contribution in [0.15, 0.2) is 0 Å². The van der Waals surface area contributed by atoms with E-state index in [1.807, 2.05) is 0 Å². The number of rotatable bonds is 6. The van der Waals surface area contributed by atoms with Gasteiger partial charge in [0.2, 0.25) is 0 Å². The Morgan fingerprint density at radius 1 is 1.53 bits per heavy atom. The van der Waals surface area contributed by atoms with Gasteiger partial charge in [-0.15, -0.1) is 0 Å². The van der Waals surface area contributed by atoms with Gasteiger partial charge in [0.25, 0.3) is 0 Å². The second-order valence-electron chi connectivity index (χ2n) is 5.70. The Kier molecular flexibility index (Phi) is 2.75. The van der Waals surface area contributed by atoms with Crippen molar-refractivity contribution in [2.45, 2.75) is 45.1 Å². The van der Waals surface area contributed by atoms with Crippen LogP contribution in [0.2, 0.25) is 0 Å². The average Bonchev–Trinajstić information content (AvgIpc) is 2.96. The Labute approximate surface area is 92.5 Å². The van der Waals surface area contributed by atoms with E-state index in [4.69, 9.17) is 11.1 Å². The van der Waals surface area contributed by atoms with Crippen molar-refractivity contribution >= 4 is 5.84 Å². The van der Waals surface area contributed by atoms with Gasteiger partial charge < -0.3 is 10.6 Å². The van der Waals surface area contributed by atoms with E-state index in [2.05, 4.69) is 18.9 Å². The zero-order valence-corrected chi connectivity index (χ0v) is 9.92. The number of nitrogens with one attached hydrogen (secondary N) is 1. The van der Waals surface area contributed by atoms with Crippen molar-refractivity contribution in [1.29, 1.82) is 5.41 Å². The molecule has 2 aliphatic rings. The van der Waals surface area contributed by atoms with Crippen LogP contribution in [0.4, 0.5) is 0 Å². The normalized spacial score (nSPS) is 25.3. The van der Waals surface area contributed by atoms with Crippen molar-refractivity contribution < 1.29 is 0 Å². The smallest absolute Gasteiger partial charge is 0.0911 e. The SMILES string of the molecule is CC(C1CC1)N(C)CC1(CC(=N)N)CC1. The molecule has 0 aliphatic heterocycles. The van der Waals surface area contributed by atoms with Gasteiger partial charge in [-0.05, 0) is 51.0 Å². The largest absolute Gasteiger partial charge is 0.388 e. The highest BCUT2D eigenvalue weighted by Crippen LogP contribution is 2.50. The molecule has 3 N–H and O–H groups in total. The van der Waals surface area contributed by atoms with Crippen LogP contribution in [0, 0.1) is 16.7 Å². The molecular weight excluding hydrogens is 186 g/mol. The standard InChI is InChI=1S/C12H23N3/c1-9(10-3-4-10)15(2)8-12(5-6-12)7-11(13)14/h9-10H,3-8H2,1-2H3,(H3,13,14). The molecule has 2 saturated carbocycles. The van der Waals surface area contributed by atoms with E-state index >= 15 is 0 Å². The fourth-order valence-corrected chi connectivity index (χ4v) is 2.58. The van der Waals surface area contributed by atoms with Crippen molar-refractivity contribution in [3.05, 3.63) is 0 Å². The van der Waals surface area contributed by atoms with Crippen molar-refractivity contribution in [2.24, 2.45) is 17.1 Å². The molecule has 3 nitrogen and oxygen atoms in total. The number of nitrogens with zero attached hydrogens (tertiary/aromatic N) is 1. The number of amidine groups is 1. The van der Waals surface area contributed by atoms with Crippen molar-refractivity contribution in [3.8, 4) is 0 Å². The van der Waals surface area contributed by atoms with Gasteiger partial charge in [0.1, 0.15) is 0 Å². The number of hydrogen-bond donors (Lipinski definition) is 2. The van der Waals surface area contributed by atoms with Crippen molar-refractivity contribution in [3.63, 3.8) is 0 Å². The molecule has 1 unspecified atom stereocenters. The first-order valence-electron chi connectivity index (χ1n) is 6.06. The zero-order valence-electron chi connectivity index (χ0n) is 9.92. The second kappa shape index (κ2) is 3.78. The first-order valence-corrected chi connectivity index (χ1v) is 6.06. The van der Waals surface area contributed by atoms with E-state index < -0.39 is 0 Å². The molecule has 0 spiro atoms. The summed E-state index contributed by atoms with van der Waals surface area (Å²) in [5, 5.41) is 7.40. The number of hydrogen-bond acceptors (Lipinski definition) is 2. The average molecular weight is 209 g/mol. The van der Waals surface area contributed by atoms with Crippen molar-refractivity contribution in [1.82, 2.24) is 4.90 Å². The fraction of sp³-hybridized carbons (Fsp3) is 0.917. The maximum atomic E-state index is 7.40. The van der Waals surface area contributed by atoms with Crippen LogP contribution < -0.4 is 5.73 Å². The summed E-state index contributed by atoms with van der Waals surface area (Å²) in [4.78, 5) is 2.48. The third kappa shape index (κ3) is 2.71. The summed E-state index contributed by atoms with van der Waals surface area (Å²) < 4.78 is 0. The van der Waals surface area contributed by atoms with Crippen LogP contribution in [-0.4, -0.2) is 30.4 Å². The molecule has 86 valence electrons. The molecule has 0 saturated heterocycles. The van der Waals surface area contributed by atoms with E-state index in [1.165, 1.54) is 25.7 Å². The lowest BCUT2D eigenvalue weighted by atomic mass is 10.00. The quantitative estimate of drug-likeness (QED) is 0.518. The van der Waals surface area contributed by atoms with Crippen LogP contribution in [0.3, 0.4) is 0 Å². The molecule has 2 aliphatic carbocycles. The van der Waals surface area contributed by atoms with Crippen LogP contribution in [-0.2, 0) is 0 Å². The maximum Gasteiger partial charge on any atom is 0.0911 e. The molecule has 1 atom stereocenters. The molecule has 0 amide bonds. The lowest BCUT2D eigenvalue weighted by Crippen LogP contribution is -2.37. The third-order valence-corrected chi connectivity index (χ3v) is 4.11. The van der Waals surface area contributed by atoms with Gasteiger partial charge in [-0.25, -0.2) is 0 Å².